The van der Waals surface area contributed by atoms with Crippen molar-refractivity contribution in [3.8, 4) is 17.1 Å². The predicted octanol–water partition coefficient (Wildman–Crippen LogP) is 0.424. The molecule has 1 aromatic carbocycles. The molecule has 2 N–H and O–H groups in total. The minimum atomic E-state index is -0.558. The number of aliphatic hydroxyl groups excluding tert-OH is 1. The average Bonchev–Trinajstić information content (AvgIpc) is 3.22. The number of nitrogens with one attached hydrogen (secondary N) is 1. The molecule has 0 amide bonds. The molecule has 0 bridgehead atoms. The van der Waals surface area contributed by atoms with Crippen LogP contribution in [0.5, 0.6) is 5.75 Å². The summed E-state index contributed by atoms with van der Waals surface area (Å²) in [5.74, 6) is 1.01. The van der Waals surface area contributed by atoms with Gasteiger partial charge in [0.2, 0.25) is 4.77 Å². The molecule has 0 saturated carbocycles. The number of carbonyl (C=O) groups is 1. The summed E-state index contributed by atoms with van der Waals surface area (Å²) in [5, 5.41) is 14.7. The van der Waals surface area contributed by atoms with E-state index in [-0.39, 0.29) is 5.97 Å². The Balaban J connectivity index is 2.00. The normalized spacial score (nSPS) is 21.5. The lowest BCUT2D eigenvalue weighted by Crippen LogP contribution is -3.14. The Morgan fingerprint density at radius 3 is 2.89 bits per heavy atom. The van der Waals surface area contributed by atoms with Crippen LogP contribution in [-0.4, -0.2) is 58.3 Å². The van der Waals surface area contributed by atoms with Crippen molar-refractivity contribution in [3.05, 3.63) is 41.7 Å². The van der Waals surface area contributed by atoms with E-state index in [9.17, 15) is 9.90 Å². The van der Waals surface area contributed by atoms with Crippen LogP contribution in [0.25, 0.3) is 11.4 Å². The SMILES string of the molecule is C=CCn1c(-c2ccccc2OC)nn(C[NH+]2C[C@H](O)C[C@H]2C(=O)OC)c1=S. The molecular formula is C19H25N4O4S+. The molecule has 2 heterocycles. The fourth-order valence-electron chi connectivity index (χ4n) is 3.61. The van der Waals surface area contributed by atoms with Crippen molar-refractivity contribution in [1.29, 1.82) is 0 Å². The smallest absolute Gasteiger partial charge is 0.364 e. The van der Waals surface area contributed by atoms with Crippen LogP contribution in [0.2, 0.25) is 0 Å². The molecule has 0 aliphatic carbocycles. The maximum atomic E-state index is 12.1. The summed E-state index contributed by atoms with van der Waals surface area (Å²) in [7, 11) is 2.97. The number of rotatable bonds is 7. The average molecular weight is 406 g/mol. The standard InChI is InChI=1S/C19H24N4O4S/c1-4-9-22-17(14-7-5-6-8-16(14)26-2)20-23(19(22)28)12-21-11-13(24)10-15(21)18(25)27-3/h4-8,13,15,24H,1,9-12H2,2-3H3/p+1/t13-,15+/m1/s1. The highest BCUT2D eigenvalue weighted by atomic mass is 32.1. The highest BCUT2D eigenvalue weighted by Gasteiger charge is 2.41. The maximum Gasteiger partial charge on any atom is 0.364 e. The number of aliphatic hydroxyl groups is 1. The van der Waals surface area contributed by atoms with Crippen LogP contribution in [0.15, 0.2) is 36.9 Å². The number of benzene rings is 1. The van der Waals surface area contributed by atoms with Gasteiger partial charge >= 0.3 is 5.97 Å². The Morgan fingerprint density at radius 1 is 1.46 bits per heavy atom. The second-order valence-electron chi connectivity index (χ2n) is 6.69. The number of ether oxygens (including phenoxy) is 2. The van der Waals surface area contributed by atoms with E-state index < -0.39 is 12.1 Å². The zero-order chi connectivity index (χ0) is 20.3. The van der Waals surface area contributed by atoms with Gasteiger partial charge in [0.25, 0.3) is 0 Å². The van der Waals surface area contributed by atoms with Gasteiger partial charge in [-0.15, -0.1) is 11.7 Å². The molecule has 1 aliphatic heterocycles. The van der Waals surface area contributed by atoms with Gasteiger partial charge in [-0.2, -0.15) is 4.68 Å². The first-order valence-corrected chi connectivity index (χ1v) is 9.43. The number of methoxy groups -OCH3 is 2. The monoisotopic (exact) mass is 405 g/mol. The van der Waals surface area contributed by atoms with Crippen LogP contribution < -0.4 is 9.64 Å². The second kappa shape index (κ2) is 8.68. The van der Waals surface area contributed by atoms with Crippen LogP contribution >= 0.6 is 12.2 Å². The molecule has 1 unspecified atom stereocenters. The molecule has 3 rings (SSSR count). The Labute approximate surface area is 168 Å². The van der Waals surface area contributed by atoms with Gasteiger partial charge in [0, 0.05) is 13.0 Å². The van der Waals surface area contributed by atoms with E-state index in [2.05, 4.69) is 6.58 Å². The van der Waals surface area contributed by atoms with Crippen molar-refractivity contribution in [1.82, 2.24) is 14.3 Å². The molecular weight excluding hydrogens is 380 g/mol. The van der Waals surface area contributed by atoms with Crippen molar-refractivity contribution in [2.75, 3.05) is 20.8 Å². The summed E-state index contributed by atoms with van der Waals surface area (Å²) < 4.78 is 14.4. The molecule has 150 valence electrons. The quantitative estimate of drug-likeness (QED) is 0.395. The Bertz CT molecular complexity index is 923. The summed E-state index contributed by atoms with van der Waals surface area (Å²) in [4.78, 5) is 12.9. The molecule has 8 nitrogen and oxygen atoms in total. The van der Waals surface area contributed by atoms with E-state index in [1.807, 2.05) is 28.8 Å². The first-order valence-electron chi connectivity index (χ1n) is 9.02. The molecule has 28 heavy (non-hydrogen) atoms. The fourth-order valence-corrected chi connectivity index (χ4v) is 3.87. The van der Waals surface area contributed by atoms with Crippen LogP contribution in [0, 0.1) is 4.77 Å². The largest absolute Gasteiger partial charge is 0.496 e. The van der Waals surface area contributed by atoms with E-state index in [0.29, 0.717) is 42.5 Å². The van der Waals surface area contributed by atoms with Crippen LogP contribution in [0.3, 0.4) is 0 Å². The number of para-hydroxylation sites is 1. The molecule has 3 atom stereocenters. The zero-order valence-corrected chi connectivity index (χ0v) is 16.8. The number of carbonyl (C=O) groups excluding carboxylic acids is 1. The third kappa shape index (κ3) is 3.87. The first-order chi connectivity index (χ1) is 13.5. The highest BCUT2D eigenvalue weighted by Crippen LogP contribution is 2.28. The summed E-state index contributed by atoms with van der Waals surface area (Å²) in [6, 6.07) is 7.14. The van der Waals surface area contributed by atoms with Gasteiger partial charge in [-0.25, -0.2) is 4.79 Å². The van der Waals surface area contributed by atoms with Gasteiger partial charge < -0.3 is 19.5 Å². The predicted molar refractivity (Wildman–Crippen MR) is 105 cm³/mol. The fraction of sp³-hybridized carbons (Fsp3) is 0.421. The molecule has 1 aromatic heterocycles. The second-order valence-corrected chi connectivity index (χ2v) is 7.06. The molecule has 0 spiro atoms. The van der Waals surface area contributed by atoms with Crippen LogP contribution in [0.4, 0.5) is 0 Å². The van der Waals surface area contributed by atoms with E-state index in [1.165, 1.54) is 7.11 Å². The van der Waals surface area contributed by atoms with E-state index >= 15 is 0 Å². The van der Waals surface area contributed by atoms with Crippen LogP contribution in [0.1, 0.15) is 6.42 Å². The van der Waals surface area contributed by atoms with Gasteiger partial charge in [0.05, 0.1) is 19.8 Å². The topological polar surface area (TPSA) is 83.0 Å². The van der Waals surface area contributed by atoms with Gasteiger partial charge in [0.1, 0.15) is 18.4 Å². The lowest BCUT2D eigenvalue weighted by atomic mass is 10.2. The van der Waals surface area contributed by atoms with Crippen molar-refractivity contribution in [2.45, 2.75) is 31.8 Å². The first kappa shape index (κ1) is 20.2. The third-order valence-corrected chi connectivity index (χ3v) is 5.35. The number of allylic oxidation sites excluding steroid dienone is 1. The summed E-state index contributed by atoms with van der Waals surface area (Å²) in [5.41, 5.74) is 0.817. The lowest BCUT2D eigenvalue weighted by molar-refractivity contribution is -0.928. The Kier molecular flexibility index (Phi) is 6.28. The number of esters is 1. The van der Waals surface area contributed by atoms with E-state index in [4.69, 9.17) is 26.8 Å². The van der Waals surface area contributed by atoms with Crippen molar-refractivity contribution < 1.29 is 24.3 Å². The molecule has 0 radical (unpaired) electrons. The zero-order valence-electron chi connectivity index (χ0n) is 16.0. The number of hydrogen-bond acceptors (Lipinski definition) is 6. The van der Waals surface area contributed by atoms with Gasteiger partial charge in [-0.05, 0) is 24.4 Å². The van der Waals surface area contributed by atoms with E-state index in [1.54, 1.807) is 17.9 Å². The van der Waals surface area contributed by atoms with Crippen molar-refractivity contribution in [2.24, 2.45) is 0 Å². The van der Waals surface area contributed by atoms with E-state index in [0.717, 1.165) is 10.5 Å². The van der Waals surface area contributed by atoms with Crippen LogP contribution in [-0.2, 0) is 22.7 Å². The number of quaternary nitrogens is 1. The van der Waals surface area contributed by atoms with Crippen molar-refractivity contribution >= 4 is 18.2 Å². The van der Waals surface area contributed by atoms with Gasteiger partial charge in [-0.1, -0.05) is 18.2 Å². The molecule has 1 fully saturated rings. The Hall–Kier alpha value is -2.49. The summed E-state index contributed by atoms with van der Waals surface area (Å²) in [6.45, 7) is 5.08. The number of nitrogens with zero attached hydrogens (tertiary/aromatic N) is 3. The number of likely N-dealkylation sites (tertiary alicyclic amines) is 1. The number of hydrogen-bond donors (Lipinski definition) is 2. The van der Waals surface area contributed by atoms with Gasteiger partial charge in [-0.3, -0.25) is 4.57 Å². The molecule has 1 aliphatic rings. The summed E-state index contributed by atoms with van der Waals surface area (Å²) in [6.07, 6.45) is 1.56. The molecule has 2 aromatic rings. The maximum absolute atomic E-state index is 12.1. The minimum absolute atomic E-state index is 0.339. The highest BCUT2D eigenvalue weighted by molar-refractivity contribution is 7.71. The number of aromatic nitrogens is 3. The molecule has 1 saturated heterocycles. The molecule has 9 heteroatoms. The van der Waals surface area contributed by atoms with Crippen molar-refractivity contribution in [3.63, 3.8) is 0 Å². The minimum Gasteiger partial charge on any atom is -0.496 e. The lowest BCUT2D eigenvalue weighted by Gasteiger charge is -2.18. The third-order valence-electron chi connectivity index (χ3n) is 4.92. The Morgan fingerprint density at radius 2 is 2.21 bits per heavy atom. The summed E-state index contributed by atoms with van der Waals surface area (Å²) >= 11 is 5.64. The van der Waals surface area contributed by atoms with Gasteiger partial charge in [0.15, 0.2) is 18.5 Å².